The number of rotatable bonds is 4. The molecule has 5 heteroatoms. The number of hydrogen-bond donors (Lipinski definition) is 1. The molecule has 3 saturated heterocycles. The largest absolute Gasteiger partial charge is 0.390 e. The number of likely N-dealkylation sites (tertiary alicyclic amines) is 3. The van der Waals surface area contributed by atoms with Gasteiger partial charge in [-0.05, 0) is 91.1 Å². The molecule has 164 valence electrons. The summed E-state index contributed by atoms with van der Waals surface area (Å²) in [5.41, 5.74) is 0.205. The summed E-state index contributed by atoms with van der Waals surface area (Å²) in [4.78, 5) is 17.6. The van der Waals surface area contributed by atoms with E-state index in [0.29, 0.717) is 17.5 Å². The van der Waals surface area contributed by atoms with Crippen molar-refractivity contribution in [1.82, 2.24) is 14.7 Å². The van der Waals surface area contributed by atoms with Crippen molar-refractivity contribution in [1.29, 1.82) is 0 Å². The first-order valence-corrected chi connectivity index (χ1v) is 11.6. The fourth-order valence-electron chi connectivity index (χ4n) is 4.93. The molecule has 1 spiro atoms. The second-order valence-corrected chi connectivity index (χ2v) is 9.98. The van der Waals surface area contributed by atoms with Crippen LogP contribution >= 0.6 is 0 Å². The summed E-state index contributed by atoms with van der Waals surface area (Å²) >= 11 is 0. The summed E-state index contributed by atoms with van der Waals surface area (Å²) in [6, 6.07) is 1.32. The highest BCUT2D eigenvalue weighted by Gasteiger charge is 2.37. The Morgan fingerprint density at radius 3 is 1.54 bits per heavy atom. The van der Waals surface area contributed by atoms with E-state index in [4.69, 9.17) is 0 Å². The zero-order valence-corrected chi connectivity index (χ0v) is 19.1. The van der Waals surface area contributed by atoms with Crippen LogP contribution in [0.5, 0.6) is 0 Å². The molecule has 0 aromatic rings. The Hall–Kier alpha value is -0.650. The molecule has 0 bridgehead atoms. The van der Waals surface area contributed by atoms with Crippen molar-refractivity contribution in [2.24, 2.45) is 5.41 Å². The third kappa shape index (κ3) is 6.43. The van der Waals surface area contributed by atoms with Gasteiger partial charge in [-0.2, -0.15) is 0 Å². The molecule has 0 saturated carbocycles. The quantitative estimate of drug-likeness (QED) is 0.742. The van der Waals surface area contributed by atoms with E-state index >= 15 is 0 Å². The highest BCUT2D eigenvalue weighted by Crippen LogP contribution is 2.41. The maximum absolute atomic E-state index is 10.7. The molecule has 3 fully saturated rings. The molecule has 3 aliphatic rings. The number of aliphatic hydroxyl groups is 1. The standard InChI is InChI=1S/C13H24N2O.C10H21NO/c1-12(2)15-9-5-13(6-10-15)3-7-14(11-16)8-4-13;1-4-10(12)5-7-11(8-6-10)9(2)3/h11-12H,3-10H2,1-2H3;9,12H,4-8H2,1-3H3. The van der Waals surface area contributed by atoms with Crippen LogP contribution in [-0.4, -0.2) is 83.2 Å². The third-order valence-electron chi connectivity index (χ3n) is 7.71. The minimum Gasteiger partial charge on any atom is -0.390 e. The molecule has 0 aliphatic carbocycles. The predicted octanol–water partition coefficient (Wildman–Crippen LogP) is 3.36. The lowest BCUT2D eigenvalue weighted by molar-refractivity contribution is -0.120. The van der Waals surface area contributed by atoms with Gasteiger partial charge in [0.05, 0.1) is 5.60 Å². The van der Waals surface area contributed by atoms with Crippen molar-refractivity contribution in [3.8, 4) is 0 Å². The van der Waals surface area contributed by atoms with Gasteiger partial charge in [0, 0.05) is 38.3 Å². The molecule has 0 atom stereocenters. The maximum atomic E-state index is 10.7. The molecule has 3 heterocycles. The average molecular weight is 396 g/mol. The lowest BCUT2D eigenvalue weighted by Crippen LogP contribution is -2.48. The highest BCUT2D eigenvalue weighted by atomic mass is 16.3. The van der Waals surface area contributed by atoms with Crippen LogP contribution in [0.2, 0.25) is 0 Å². The van der Waals surface area contributed by atoms with Crippen molar-refractivity contribution >= 4 is 6.41 Å². The minimum absolute atomic E-state index is 0.356. The second kappa shape index (κ2) is 10.4. The second-order valence-electron chi connectivity index (χ2n) is 9.98. The summed E-state index contributed by atoms with van der Waals surface area (Å²) in [7, 11) is 0. The Balaban J connectivity index is 0.000000209. The smallest absolute Gasteiger partial charge is 0.209 e. The molecule has 0 aromatic carbocycles. The van der Waals surface area contributed by atoms with E-state index < -0.39 is 0 Å². The molecule has 5 nitrogen and oxygen atoms in total. The average Bonchev–Trinajstić information content (AvgIpc) is 2.70. The normalized spacial score (nSPS) is 25.6. The van der Waals surface area contributed by atoms with Crippen LogP contribution in [0.25, 0.3) is 0 Å². The van der Waals surface area contributed by atoms with Crippen LogP contribution in [0.1, 0.15) is 79.6 Å². The third-order valence-corrected chi connectivity index (χ3v) is 7.71. The van der Waals surface area contributed by atoms with E-state index in [1.54, 1.807) is 0 Å². The van der Waals surface area contributed by atoms with Gasteiger partial charge in [0.15, 0.2) is 0 Å². The van der Waals surface area contributed by atoms with Crippen LogP contribution in [0.15, 0.2) is 0 Å². The molecule has 1 amide bonds. The Labute approximate surface area is 173 Å². The first-order valence-electron chi connectivity index (χ1n) is 11.6. The van der Waals surface area contributed by atoms with E-state index in [-0.39, 0.29) is 5.60 Å². The Bertz CT molecular complexity index is 454. The van der Waals surface area contributed by atoms with Gasteiger partial charge in [0.1, 0.15) is 0 Å². The Morgan fingerprint density at radius 1 is 0.786 bits per heavy atom. The monoisotopic (exact) mass is 395 g/mol. The van der Waals surface area contributed by atoms with Gasteiger partial charge in [0.2, 0.25) is 6.41 Å². The van der Waals surface area contributed by atoms with Gasteiger partial charge >= 0.3 is 0 Å². The number of nitrogens with zero attached hydrogens (tertiary/aromatic N) is 3. The van der Waals surface area contributed by atoms with Gasteiger partial charge in [-0.3, -0.25) is 4.79 Å². The van der Waals surface area contributed by atoms with Crippen LogP contribution in [0.3, 0.4) is 0 Å². The summed E-state index contributed by atoms with van der Waals surface area (Å²) < 4.78 is 0. The summed E-state index contributed by atoms with van der Waals surface area (Å²) in [5, 5.41) is 9.95. The molecule has 3 aliphatic heterocycles. The predicted molar refractivity (Wildman–Crippen MR) is 116 cm³/mol. The number of piperidine rings is 3. The van der Waals surface area contributed by atoms with Crippen molar-refractivity contribution in [2.75, 3.05) is 39.3 Å². The van der Waals surface area contributed by atoms with Crippen molar-refractivity contribution in [2.45, 2.75) is 97.2 Å². The van der Waals surface area contributed by atoms with Gasteiger partial charge in [0.25, 0.3) is 0 Å². The van der Waals surface area contributed by atoms with Crippen LogP contribution < -0.4 is 0 Å². The minimum atomic E-state index is -0.356. The molecular formula is C23H45N3O2. The van der Waals surface area contributed by atoms with E-state index in [1.165, 1.54) is 38.8 Å². The molecular weight excluding hydrogens is 350 g/mol. The van der Waals surface area contributed by atoms with Gasteiger partial charge in [-0.25, -0.2) is 0 Å². The van der Waals surface area contributed by atoms with Crippen molar-refractivity contribution in [3.63, 3.8) is 0 Å². The van der Waals surface area contributed by atoms with Gasteiger partial charge in [-0.1, -0.05) is 6.92 Å². The topological polar surface area (TPSA) is 47.0 Å². The number of amides is 1. The van der Waals surface area contributed by atoms with Crippen LogP contribution in [0, 0.1) is 5.41 Å². The molecule has 0 aromatic heterocycles. The van der Waals surface area contributed by atoms with Crippen molar-refractivity contribution in [3.05, 3.63) is 0 Å². The van der Waals surface area contributed by atoms with Gasteiger partial charge < -0.3 is 19.8 Å². The molecule has 28 heavy (non-hydrogen) atoms. The van der Waals surface area contributed by atoms with E-state index in [9.17, 15) is 9.90 Å². The molecule has 0 radical (unpaired) electrons. The lowest BCUT2D eigenvalue weighted by atomic mass is 9.71. The molecule has 3 rings (SSSR count). The zero-order chi connectivity index (χ0) is 20.8. The zero-order valence-electron chi connectivity index (χ0n) is 19.1. The van der Waals surface area contributed by atoms with E-state index in [0.717, 1.165) is 51.9 Å². The highest BCUT2D eigenvalue weighted by molar-refractivity contribution is 5.47. The fraction of sp³-hybridized carbons (Fsp3) is 0.957. The first kappa shape index (κ1) is 23.6. The number of hydrogen-bond acceptors (Lipinski definition) is 4. The number of carbonyl (C=O) groups excluding carboxylic acids is 1. The SMILES string of the molecule is CC(C)N1CCC2(CCN(C=O)CC2)CC1.CCC1(O)CCN(C(C)C)CC1. The Morgan fingerprint density at radius 2 is 1.18 bits per heavy atom. The van der Waals surface area contributed by atoms with E-state index in [2.05, 4.69) is 44.4 Å². The summed E-state index contributed by atoms with van der Waals surface area (Å²) in [6.07, 6.45) is 8.91. The van der Waals surface area contributed by atoms with Gasteiger partial charge in [-0.15, -0.1) is 0 Å². The molecule has 0 unspecified atom stereocenters. The maximum Gasteiger partial charge on any atom is 0.209 e. The molecule has 1 N–H and O–H groups in total. The summed E-state index contributed by atoms with van der Waals surface area (Å²) in [5.74, 6) is 0. The van der Waals surface area contributed by atoms with Crippen LogP contribution in [-0.2, 0) is 4.79 Å². The number of carbonyl (C=O) groups is 1. The lowest BCUT2D eigenvalue weighted by Gasteiger charge is -2.47. The van der Waals surface area contributed by atoms with Crippen molar-refractivity contribution < 1.29 is 9.90 Å². The van der Waals surface area contributed by atoms with Crippen LogP contribution in [0.4, 0.5) is 0 Å². The summed E-state index contributed by atoms with van der Waals surface area (Å²) in [6.45, 7) is 17.6. The first-order chi connectivity index (χ1) is 13.2. The fourth-order valence-corrected chi connectivity index (χ4v) is 4.93. The van der Waals surface area contributed by atoms with E-state index in [1.807, 2.05) is 4.90 Å². The Kier molecular flexibility index (Phi) is 8.78.